The van der Waals surface area contributed by atoms with Gasteiger partial charge in [0.15, 0.2) is 6.29 Å². The first-order valence-electron chi connectivity index (χ1n) is 6.44. The van der Waals surface area contributed by atoms with E-state index < -0.39 is 5.63 Å². The molecule has 0 saturated heterocycles. The Labute approximate surface area is 120 Å². The third-order valence-electron chi connectivity index (χ3n) is 3.14. The third kappa shape index (κ3) is 2.53. The lowest BCUT2D eigenvalue weighted by atomic mass is 10.1. The van der Waals surface area contributed by atoms with Gasteiger partial charge in [0.1, 0.15) is 11.1 Å². The number of para-hydroxylation sites is 1. The maximum atomic E-state index is 11.8. The van der Waals surface area contributed by atoms with E-state index in [1.807, 2.05) is 24.3 Å². The predicted octanol–water partition coefficient (Wildman–Crippen LogP) is 2.61. The van der Waals surface area contributed by atoms with Gasteiger partial charge in [-0.2, -0.15) is 0 Å². The number of nitrogens with zero attached hydrogens (tertiary/aromatic N) is 1. The molecule has 0 fully saturated rings. The van der Waals surface area contributed by atoms with E-state index >= 15 is 0 Å². The molecule has 0 aliphatic rings. The molecule has 3 aromatic rings. The monoisotopic (exact) mass is 280 g/mol. The summed E-state index contributed by atoms with van der Waals surface area (Å²) in [4.78, 5) is 27.2. The van der Waals surface area contributed by atoms with Crippen LogP contribution in [0.25, 0.3) is 11.0 Å². The van der Waals surface area contributed by atoms with Crippen molar-refractivity contribution in [1.29, 1.82) is 0 Å². The van der Waals surface area contributed by atoms with Gasteiger partial charge in [-0.15, -0.1) is 0 Å². The molecule has 0 saturated carbocycles. The summed E-state index contributed by atoms with van der Waals surface area (Å²) in [6.07, 6.45) is 2.20. The zero-order valence-electron chi connectivity index (χ0n) is 11.1. The highest BCUT2D eigenvalue weighted by molar-refractivity contribution is 5.98. The van der Waals surface area contributed by atoms with Crippen molar-refractivity contribution in [2.45, 2.75) is 6.54 Å². The molecule has 0 bridgehead atoms. The van der Waals surface area contributed by atoms with E-state index in [1.54, 1.807) is 24.4 Å². The summed E-state index contributed by atoms with van der Waals surface area (Å²) in [5.74, 6) is 0. The minimum Gasteiger partial charge on any atom is -0.422 e. The van der Waals surface area contributed by atoms with Crippen molar-refractivity contribution in [2.24, 2.45) is 0 Å². The molecule has 0 aliphatic heterocycles. The van der Waals surface area contributed by atoms with Gasteiger partial charge in [0.25, 0.3) is 0 Å². The maximum absolute atomic E-state index is 11.8. The van der Waals surface area contributed by atoms with Gasteiger partial charge in [0, 0.05) is 11.6 Å². The molecular weight excluding hydrogens is 268 g/mol. The van der Waals surface area contributed by atoms with Crippen LogP contribution in [0.5, 0.6) is 0 Å². The van der Waals surface area contributed by atoms with Crippen LogP contribution in [0.15, 0.2) is 57.9 Å². The van der Waals surface area contributed by atoms with Crippen molar-refractivity contribution in [3.63, 3.8) is 0 Å². The number of hydrogen-bond donors (Lipinski definition) is 1. The Bertz CT molecular complexity index is 841. The summed E-state index contributed by atoms with van der Waals surface area (Å²) in [6, 6.07) is 12.6. The summed E-state index contributed by atoms with van der Waals surface area (Å²) < 4.78 is 5.13. The molecular formula is C16H12N2O3. The first-order valence-corrected chi connectivity index (χ1v) is 6.44. The molecule has 2 heterocycles. The van der Waals surface area contributed by atoms with E-state index in [0.29, 0.717) is 29.5 Å². The number of benzene rings is 1. The fourth-order valence-electron chi connectivity index (χ4n) is 2.14. The van der Waals surface area contributed by atoms with Crippen molar-refractivity contribution >= 4 is 22.9 Å². The van der Waals surface area contributed by atoms with Gasteiger partial charge >= 0.3 is 5.63 Å². The maximum Gasteiger partial charge on any atom is 0.349 e. The van der Waals surface area contributed by atoms with Crippen LogP contribution in [-0.2, 0) is 6.54 Å². The molecule has 2 aromatic heterocycles. The second kappa shape index (κ2) is 5.58. The molecule has 1 N–H and O–H groups in total. The topological polar surface area (TPSA) is 72.2 Å². The number of hydrogen-bond acceptors (Lipinski definition) is 5. The largest absolute Gasteiger partial charge is 0.422 e. The molecule has 3 rings (SSSR count). The third-order valence-corrected chi connectivity index (χ3v) is 3.14. The number of nitrogens with one attached hydrogen (secondary N) is 1. The second-order valence-corrected chi connectivity index (χ2v) is 4.47. The quantitative estimate of drug-likeness (QED) is 0.587. The van der Waals surface area contributed by atoms with Crippen molar-refractivity contribution in [2.75, 3.05) is 5.32 Å². The molecule has 5 nitrogen and oxygen atoms in total. The molecule has 0 aliphatic carbocycles. The molecule has 5 heteroatoms. The van der Waals surface area contributed by atoms with Crippen molar-refractivity contribution in [1.82, 2.24) is 4.98 Å². The van der Waals surface area contributed by atoms with Crippen molar-refractivity contribution in [3.8, 4) is 0 Å². The fraction of sp³-hybridized carbons (Fsp3) is 0.0625. The van der Waals surface area contributed by atoms with E-state index in [1.165, 1.54) is 0 Å². The average molecular weight is 280 g/mol. The number of pyridine rings is 1. The van der Waals surface area contributed by atoms with Crippen LogP contribution in [-0.4, -0.2) is 11.3 Å². The fourth-order valence-corrected chi connectivity index (χ4v) is 2.14. The Morgan fingerprint density at radius 3 is 2.71 bits per heavy atom. The van der Waals surface area contributed by atoms with Crippen LogP contribution in [0, 0.1) is 0 Å². The lowest BCUT2D eigenvalue weighted by Crippen LogP contribution is -2.13. The van der Waals surface area contributed by atoms with Gasteiger partial charge in [-0.1, -0.05) is 18.2 Å². The van der Waals surface area contributed by atoms with E-state index in [2.05, 4.69) is 10.3 Å². The standard InChI is InChI=1S/C16H12N2O3/c19-10-13-15(18-9-11-5-3-4-8-17-11)12-6-1-2-7-14(12)21-16(13)20/h1-8,10,18H,9H2. The van der Waals surface area contributed by atoms with E-state index in [-0.39, 0.29) is 5.56 Å². The van der Waals surface area contributed by atoms with Gasteiger partial charge in [0.2, 0.25) is 0 Å². The smallest absolute Gasteiger partial charge is 0.349 e. The molecule has 0 spiro atoms. The van der Waals surface area contributed by atoms with Crippen molar-refractivity contribution < 1.29 is 9.21 Å². The Kier molecular flexibility index (Phi) is 3.47. The Morgan fingerprint density at radius 1 is 1.14 bits per heavy atom. The van der Waals surface area contributed by atoms with Gasteiger partial charge in [-0.3, -0.25) is 9.78 Å². The zero-order valence-corrected chi connectivity index (χ0v) is 11.1. The number of aldehydes is 1. The normalized spacial score (nSPS) is 10.5. The van der Waals surface area contributed by atoms with E-state index in [9.17, 15) is 9.59 Å². The summed E-state index contributed by atoms with van der Waals surface area (Å²) >= 11 is 0. The first-order chi connectivity index (χ1) is 10.3. The highest BCUT2D eigenvalue weighted by Gasteiger charge is 2.13. The van der Waals surface area contributed by atoms with Crippen LogP contribution in [0.2, 0.25) is 0 Å². The Morgan fingerprint density at radius 2 is 1.95 bits per heavy atom. The summed E-state index contributed by atoms with van der Waals surface area (Å²) in [7, 11) is 0. The molecule has 0 amide bonds. The van der Waals surface area contributed by atoms with Crippen LogP contribution in [0.4, 0.5) is 5.69 Å². The lowest BCUT2D eigenvalue weighted by Gasteiger charge is -2.10. The number of carbonyl (C=O) groups is 1. The number of carbonyl (C=O) groups excluding carboxylic acids is 1. The van der Waals surface area contributed by atoms with Crippen molar-refractivity contribution in [3.05, 3.63) is 70.3 Å². The number of anilines is 1. The number of fused-ring (bicyclic) bond motifs is 1. The van der Waals surface area contributed by atoms with Crippen LogP contribution in [0.1, 0.15) is 16.1 Å². The summed E-state index contributed by atoms with van der Waals surface area (Å²) in [5, 5.41) is 3.80. The molecule has 104 valence electrons. The van der Waals surface area contributed by atoms with Gasteiger partial charge in [-0.25, -0.2) is 4.79 Å². The Hall–Kier alpha value is -2.95. The number of aromatic nitrogens is 1. The minimum atomic E-state index is -0.646. The predicted molar refractivity (Wildman–Crippen MR) is 79.4 cm³/mol. The molecule has 0 radical (unpaired) electrons. The SMILES string of the molecule is O=Cc1c(NCc2ccccn2)c2ccccc2oc1=O. The highest BCUT2D eigenvalue weighted by atomic mass is 16.4. The Balaban J connectivity index is 2.07. The van der Waals surface area contributed by atoms with Gasteiger partial charge in [-0.05, 0) is 24.3 Å². The summed E-state index contributed by atoms with van der Waals surface area (Å²) in [6.45, 7) is 0.412. The second-order valence-electron chi connectivity index (χ2n) is 4.47. The lowest BCUT2D eigenvalue weighted by molar-refractivity contribution is 0.112. The highest BCUT2D eigenvalue weighted by Crippen LogP contribution is 2.24. The molecule has 21 heavy (non-hydrogen) atoms. The first kappa shape index (κ1) is 13.1. The van der Waals surface area contributed by atoms with Crippen LogP contribution >= 0.6 is 0 Å². The van der Waals surface area contributed by atoms with E-state index in [0.717, 1.165) is 5.69 Å². The minimum absolute atomic E-state index is 0.00960. The van der Waals surface area contributed by atoms with Gasteiger partial charge in [0.05, 0.1) is 17.9 Å². The number of rotatable bonds is 4. The average Bonchev–Trinajstić information content (AvgIpc) is 2.53. The van der Waals surface area contributed by atoms with Crippen LogP contribution < -0.4 is 10.9 Å². The molecule has 0 atom stereocenters. The molecule has 0 unspecified atom stereocenters. The molecule has 1 aromatic carbocycles. The zero-order chi connectivity index (χ0) is 14.7. The summed E-state index contributed by atoms with van der Waals surface area (Å²) in [5.41, 5.74) is 1.07. The van der Waals surface area contributed by atoms with Crippen LogP contribution in [0.3, 0.4) is 0 Å². The van der Waals surface area contributed by atoms with E-state index in [4.69, 9.17) is 4.42 Å². The van der Waals surface area contributed by atoms with Gasteiger partial charge < -0.3 is 9.73 Å².